The van der Waals surface area contributed by atoms with Gasteiger partial charge >= 0.3 is 15.0 Å². The Bertz CT molecular complexity index is 470. The predicted octanol–water partition coefficient (Wildman–Crippen LogP) is 3.20. The number of nitrogens with zero attached hydrogens (tertiary/aromatic N) is 1. The molecule has 0 heterocycles. The van der Waals surface area contributed by atoms with E-state index in [9.17, 15) is 4.79 Å². The van der Waals surface area contributed by atoms with Gasteiger partial charge in [-0.25, -0.2) is 4.79 Å². The smallest absolute Gasteiger partial charge is 0.357 e. The Morgan fingerprint density at radius 1 is 0.960 bits per heavy atom. The van der Waals surface area contributed by atoms with Crippen LogP contribution < -0.4 is 4.98 Å². The lowest BCUT2D eigenvalue weighted by Crippen LogP contribution is -2.63. The summed E-state index contributed by atoms with van der Waals surface area (Å²) in [6.45, 7) is 10.2. The van der Waals surface area contributed by atoms with Crippen molar-refractivity contribution in [3.05, 3.63) is 35.9 Å². The van der Waals surface area contributed by atoms with Crippen molar-refractivity contribution < 1.29 is 18.1 Å². The lowest BCUT2D eigenvalue weighted by atomic mass is 10.1. The monoisotopic (exact) mass is 368 g/mol. The fourth-order valence-electron chi connectivity index (χ4n) is 2.51. The number of carbonyl (C=O) groups excluding carboxylic acids is 1. The quantitative estimate of drug-likeness (QED) is 0.576. The van der Waals surface area contributed by atoms with Gasteiger partial charge in [-0.2, -0.15) is 0 Å². The summed E-state index contributed by atoms with van der Waals surface area (Å²) in [7, 11) is -3.20. The minimum absolute atomic E-state index is 0.195. The molecule has 25 heavy (non-hydrogen) atoms. The summed E-state index contributed by atoms with van der Waals surface area (Å²) in [5.41, 5.74) is 1.21. The number of hydrogen-bond acceptors (Lipinski definition) is 4. The maximum Gasteiger partial charge on any atom is 0.634 e. The van der Waals surface area contributed by atoms with Crippen LogP contribution in [0.25, 0.3) is 0 Å². The van der Waals surface area contributed by atoms with Gasteiger partial charge in [-0.1, -0.05) is 37.3 Å². The van der Waals surface area contributed by atoms with Crippen LogP contribution in [0.4, 0.5) is 4.79 Å². The largest absolute Gasteiger partial charge is 0.634 e. The molecule has 2 amide bonds. The molecule has 7 heteroatoms. The van der Waals surface area contributed by atoms with Crippen LogP contribution in [-0.2, 0) is 19.7 Å². The molecule has 0 saturated carbocycles. The summed E-state index contributed by atoms with van der Waals surface area (Å²) >= 11 is 0. The third-order valence-electron chi connectivity index (χ3n) is 3.56. The van der Waals surface area contributed by atoms with Crippen molar-refractivity contribution in [3.63, 3.8) is 0 Å². The molecule has 0 fully saturated rings. The zero-order valence-electron chi connectivity index (χ0n) is 15.9. The molecule has 1 aromatic rings. The first-order valence-corrected chi connectivity index (χ1v) is 10.9. The van der Waals surface area contributed by atoms with Crippen LogP contribution in [-0.4, -0.2) is 52.8 Å². The molecule has 0 bridgehead atoms. The second-order valence-corrected chi connectivity index (χ2v) is 7.74. The molecule has 0 radical (unpaired) electrons. The van der Waals surface area contributed by atoms with E-state index < -0.39 is 8.97 Å². The predicted molar refractivity (Wildman–Crippen MR) is 101 cm³/mol. The second-order valence-electron chi connectivity index (χ2n) is 5.51. The van der Waals surface area contributed by atoms with E-state index in [1.165, 1.54) is 5.56 Å². The molecule has 1 N–H and O–H groups in total. The van der Waals surface area contributed by atoms with Crippen molar-refractivity contribution in [3.8, 4) is 0 Å². The van der Waals surface area contributed by atoms with E-state index in [0.29, 0.717) is 32.9 Å². The molecule has 0 spiro atoms. The van der Waals surface area contributed by atoms with E-state index in [1.807, 2.05) is 39.0 Å². The Labute approximate surface area is 152 Å². The van der Waals surface area contributed by atoms with Crippen molar-refractivity contribution in [2.75, 3.05) is 32.9 Å². The molecule has 1 rings (SSSR count). The molecular formula is C18H32N2O4Si. The van der Waals surface area contributed by atoms with Gasteiger partial charge in [-0.05, 0) is 39.2 Å². The van der Waals surface area contributed by atoms with Crippen LogP contribution in [0.5, 0.6) is 0 Å². The van der Waals surface area contributed by atoms with Crippen LogP contribution in [0, 0.1) is 0 Å². The molecule has 0 atom stereocenters. The Balaban J connectivity index is 2.77. The van der Waals surface area contributed by atoms with E-state index in [-0.39, 0.29) is 6.03 Å². The van der Waals surface area contributed by atoms with Crippen molar-refractivity contribution in [1.29, 1.82) is 0 Å². The topological polar surface area (TPSA) is 60.0 Å². The summed E-state index contributed by atoms with van der Waals surface area (Å²) in [5.74, 6) is 0. The number of amides is 2. The highest BCUT2D eigenvalue weighted by Crippen LogP contribution is 2.09. The summed E-state index contributed by atoms with van der Waals surface area (Å²) in [6.07, 6.45) is 1.69. The van der Waals surface area contributed by atoms with Crippen molar-refractivity contribution in [1.82, 2.24) is 9.88 Å². The number of rotatable bonds is 12. The van der Waals surface area contributed by atoms with Crippen LogP contribution in [0.3, 0.4) is 0 Å². The average molecular weight is 369 g/mol. The molecule has 6 nitrogen and oxygen atoms in total. The number of urea groups is 1. The van der Waals surface area contributed by atoms with Gasteiger partial charge in [0.15, 0.2) is 0 Å². The first-order valence-electron chi connectivity index (χ1n) is 9.13. The van der Waals surface area contributed by atoms with E-state index in [2.05, 4.69) is 24.0 Å². The van der Waals surface area contributed by atoms with Gasteiger partial charge in [0.25, 0.3) is 0 Å². The van der Waals surface area contributed by atoms with E-state index >= 15 is 0 Å². The van der Waals surface area contributed by atoms with E-state index in [0.717, 1.165) is 12.8 Å². The Kier molecular flexibility index (Phi) is 10.4. The lowest BCUT2D eigenvalue weighted by molar-refractivity contribution is 0.0608. The molecule has 0 aliphatic rings. The van der Waals surface area contributed by atoms with Gasteiger partial charge in [0, 0.05) is 32.9 Å². The van der Waals surface area contributed by atoms with Crippen molar-refractivity contribution >= 4 is 15.0 Å². The second kappa shape index (κ2) is 12.0. The highest BCUT2D eigenvalue weighted by Gasteiger charge is 2.45. The third-order valence-corrected chi connectivity index (χ3v) is 6.08. The normalized spacial score (nSPS) is 11.4. The van der Waals surface area contributed by atoms with E-state index in [4.69, 9.17) is 13.3 Å². The van der Waals surface area contributed by atoms with Gasteiger partial charge in [-0.3, -0.25) is 4.98 Å². The van der Waals surface area contributed by atoms with Gasteiger partial charge in [0.2, 0.25) is 0 Å². The maximum atomic E-state index is 12.8. The van der Waals surface area contributed by atoms with Gasteiger partial charge < -0.3 is 18.2 Å². The van der Waals surface area contributed by atoms with Gasteiger partial charge in [-0.15, -0.1) is 0 Å². The highest BCUT2D eigenvalue weighted by atomic mass is 28.4. The van der Waals surface area contributed by atoms with Crippen LogP contribution >= 0.6 is 0 Å². The zero-order chi connectivity index (χ0) is 18.5. The van der Waals surface area contributed by atoms with Crippen LogP contribution in [0.2, 0.25) is 0 Å². The summed E-state index contributed by atoms with van der Waals surface area (Å²) < 4.78 is 17.1. The summed E-state index contributed by atoms with van der Waals surface area (Å²) in [6, 6.07) is 9.96. The molecule has 142 valence electrons. The Morgan fingerprint density at radius 3 is 2.00 bits per heavy atom. The lowest BCUT2D eigenvalue weighted by Gasteiger charge is -2.31. The minimum Gasteiger partial charge on any atom is -0.357 e. The standard InChI is InChI=1S/C18H32N2O4Si/c1-5-15-20(16-14-17-12-10-9-11-13-17)18(21)19-25(22-6-2,23-7-3)24-8-4/h9-13H,5-8,14-16H2,1-4H3,(H,19,21). The first kappa shape index (κ1) is 21.6. The van der Waals surface area contributed by atoms with Gasteiger partial charge in [0.1, 0.15) is 0 Å². The van der Waals surface area contributed by atoms with Crippen molar-refractivity contribution in [2.24, 2.45) is 0 Å². The van der Waals surface area contributed by atoms with Crippen molar-refractivity contribution in [2.45, 2.75) is 40.5 Å². The average Bonchev–Trinajstić information content (AvgIpc) is 2.60. The molecule has 0 saturated heterocycles. The fourth-order valence-corrected chi connectivity index (χ4v) is 4.53. The van der Waals surface area contributed by atoms with Crippen LogP contribution in [0.15, 0.2) is 30.3 Å². The zero-order valence-corrected chi connectivity index (χ0v) is 16.9. The van der Waals surface area contributed by atoms with E-state index in [1.54, 1.807) is 4.90 Å². The highest BCUT2D eigenvalue weighted by molar-refractivity contribution is 6.60. The minimum atomic E-state index is -3.20. The SMILES string of the molecule is CCCN(CCc1ccccc1)C(=O)N[Si](OCC)(OCC)OCC. The molecular weight excluding hydrogens is 336 g/mol. The number of nitrogens with one attached hydrogen (secondary N) is 1. The fraction of sp³-hybridized carbons (Fsp3) is 0.611. The number of hydrogen-bond donors (Lipinski definition) is 1. The molecule has 0 aliphatic carbocycles. The molecule has 0 aromatic heterocycles. The molecule has 0 aliphatic heterocycles. The Morgan fingerprint density at radius 2 is 1.52 bits per heavy atom. The molecule has 1 aromatic carbocycles. The van der Waals surface area contributed by atoms with Gasteiger partial charge in [0.05, 0.1) is 0 Å². The van der Waals surface area contributed by atoms with Crippen LogP contribution in [0.1, 0.15) is 39.7 Å². The summed E-state index contributed by atoms with van der Waals surface area (Å²) in [5, 5.41) is 0. The number of benzene rings is 1. The third kappa shape index (κ3) is 7.56. The molecule has 0 unspecified atom stereocenters. The maximum absolute atomic E-state index is 12.8. The summed E-state index contributed by atoms with van der Waals surface area (Å²) in [4.78, 5) is 17.5. The number of carbonyl (C=O) groups is 1. The first-order chi connectivity index (χ1) is 12.1. The Hall–Kier alpha value is -1.41.